The minimum atomic E-state index is -3.90. The van der Waals surface area contributed by atoms with Crippen molar-refractivity contribution in [1.29, 1.82) is 0 Å². The van der Waals surface area contributed by atoms with Crippen LogP contribution in [-0.4, -0.2) is 43.7 Å². The molecule has 0 N–H and O–H groups in total. The number of halogens is 1. The van der Waals surface area contributed by atoms with Crippen molar-refractivity contribution in [3.8, 4) is 0 Å². The monoisotopic (exact) mass is 417 g/mol. The van der Waals surface area contributed by atoms with E-state index in [4.69, 9.17) is 16.3 Å². The minimum absolute atomic E-state index is 0.160. The van der Waals surface area contributed by atoms with Gasteiger partial charge in [-0.05, 0) is 31.5 Å². The Balaban J connectivity index is 1.97. The van der Waals surface area contributed by atoms with Crippen LogP contribution in [0.4, 0.5) is 5.69 Å². The number of hydrogen-bond acceptors (Lipinski definition) is 5. The van der Waals surface area contributed by atoms with E-state index in [-0.39, 0.29) is 15.7 Å². The Morgan fingerprint density at radius 3 is 2.54 bits per heavy atom. The zero-order valence-electron chi connectivity index (χ0n) is 15.7. The molecule has 0 amide bonds. The Kier molecular flexibility index (Phi) is 4.96. The molecular formula is C20H20ClN3O3S. The van der Waals surface area contributed by atoms with E-state index >= 15 is 0 Å². The highest BCUT2D eigenvalue weighted by molar-refractivity contribution is 7.90. The first-order valence-electron chi connectivity index (χ1n) is 9.12. The van der Waals surface area contributed by atoms with Gasteiger partial charge in [-0.15, -0.1) is 0 Å². The van der Waals surface area contributed by atoms with E-state index in [0.717, 1.165) is 20.8 Å². The van der Waals surface area contributed by atoms with E-state index in [1.165, 1.54) is 0 Å². The maximum absolute atomic E-state index is 13.4. The second kappa shape index (κ2) is 7.28. The highest BCUT2D eigenvalue weighted by Crippen LogP contribution is 2.37. The molecular weight excluding hydrogens is 398 g/mol. The molecule has 0 bridgehead atoms. The predicted molar refractivity (Wildman–Crippen MR) is 109 cm³/mol. The van der Waals surface area contributed by atoms with Gasteiger partial charge >= 0.3 is 0 Å². The summed E-state index contributed by atoms with van der Waals surface area (Å²) in [6.07, 6.45) is 3.31. The van der Waals surface area contributed by atoms with Crippen LogP contribution in [0.15, 0.2) is 29.2 Å². The van der Waals surface area contributed by atoms with Gasteiger partial charge in [0.2, 0.25) is 0 Å². The van der Waals surface area contributed by atoms with Crippen LogP contribution >= 0.6 is 11.6 Å². The summed E-state index contributed by atoms with van der Waals surface area (Å²) in [7, 11) is -3.90. The highest BCUT2D eigenvalue weighted by atomic mass is 35.5. The zero-order valence-corrected chi connectivity index (χ0v) is 17.3. The summed E-state index contributed by atoms with van der Waals surface area (Å²) in [4.78, 5) is 6.52. The van der Waals surface area contributed by atoms with Crippen LogP contribution in [0.2, 0.25) is 5.15 Å². The number of benzene rings is 1. The third-order valence-corrected chi connectivity index (χ3v) is 7.16. The largest absolute Gasteiger partial charge is 0.378 e. The molecule has 0 saturated carbocycles. The average molecular weight is 418 g/mol. The molecule has 28 heavy (non-hydrogen) atoms. The van der Waals surface area contributed by atoms with Crippen LogP contribution in [0.25, 0.3) is 11.0 Å². The molecule has 0 atom stereocenters. The first kappa shape index (κ1) is 19.1. The van der Waals surface area contributed by atoms with E-state index in [0.29, 0.717) is 38.1 Å². The summed E-state index contributed by atoms with van der Waals surface area (Å²) in [6, 6.07) is 9.76. The van der Waals surface area contributed by atoms with E-state index in [1.807, 2.05) is 13.8 Å². The molecule has 3 heterocycles. The van der Waals surface area contributed by atoms with E-state index in [9.17, 15) is 8.42 Å². The summed E-state index contributed by atoms with van der Waals surface area (Å²) >= 11 is 6.60. The van der Waals surface area contributed by atoms with Crippen LogP contribution in [0.3, 0.4) is 0 Å². The Bertz CT molecular complexity index is 1120. The smallest absolute Gasteiger partial charge is 0.270 e. The van der Waals surface area contributed by atoms with E-state index in [1.54, 1.807) is 24.3 Å². The van der Waals surface area contributed by atoms with Gasteiger partial charge in [0.05, 0.1) is 23.5 Å². The van der Waals surface area contributed by atoms with Gasteiger partial charge in [-0.3, -0.25) is 0 Å². The van der Waals surface area contributed by atoms with Crippen LogP contribution in [0, 0.1) is 19.2 Å². The Hall–Kier alpha value is -2.27. The molecule has 0 spiro atoms. The number of aromatic nitrogens is 2. The van der Waals surface area contributed by atoms with Crippen LogP contribution in [-0.2, 0) is 21.2 Å². The van der Waals surface area contributed by atoms with Crippen molar-refractivity contribution in [3.05, 3.63) is 52.8 Å². The molecule has 146 valence electrons. The van der Waals surface area contributed by atoms with Gasteiger partial charge in [0.15, 0.2) is 5.65 Å². The number of nitrogens with zero attached hydrogens (tertiary/aromatic N) is 3. The van der Waals surface area contributed by atoms with Gasteiger partial charge < -0.3 is 9.64 Å². The van der Waals surface area contributed by atoms with Gasteiger partial charge in [0, 0.05) is 24.8 Å². The predicted octanol–water partition coefficient (Wildman–Crippen LogP) is 3.23. The summed E-state index contributed by atoms with van der Waals surface area (Å²) in [5.41, 5.74) is 2.77. The van der Waals surface area contributed by atoms with Gasteiger partial charge in [-0.1, -0.05) is 36.2 Å². The molecule has 0 radical (unpaired) electrons. The summed E-state index contributed by atoms with van der Waals surface area (Å²) in [5, 5.41) is 0.872. The number of morpholine rings is 1. The lowest BCUT2D eigenvalue weighted by atomic mass is 10.1. The van der Waals surface area contributed by atoms with Crippen molar-refractivity contribution in [2.75, 3.05) is 31.2 Å². The molecule has 1 saturated heterocycles. The highest BCUT2D eigenvalue weighted by Gasteiger charge is 2.29. The fourth-order valence-electron chi connectivity index (χ4n) is 3.48. The topological polar surface area (TPSA) is 64.4 Å². The van der Waals surface area contributed by atoms with Gasteiger partial charge in [0.25, 0.3) is 10.0 Å². The molecule has 4 rings (SSSR count). The van der Waals surface area contributed by atoms with Gasteiger partial charge in [-0.2, -0.15) is 4.98 Å². The molecule has 8 heteroatoms. The lowest BCUT2D eigenvalue weighted by Gasteiger charge is -2.28. The normalized spacial score (nSPS) is 15.0. The van der Waals surface area contributed by atoms with Crippen molar-refractivity contribution in [3.63, 3.8) is 0 Å². The Morgan fingerprint density at radius 1 is 1.21 bits per heavy atom. The Morgan fingerprint density at radius 2 is 1.89 bits per heavy atom. The second-order valence-electron chi connectivity index (χ2n) is 6.70. The zero-order chi connectivity index (χ0) is 19.9. The number of fused-ring (bicyclic) bond motifs is 1. The van der Waals surface area contributed by atoms with E-state index < -0.39 is 10.0 Å². The second-order valence-corrected chi connectivity index (χ2v) is 8.85. The SMILES string of the molecule is CCc1c(Cl)n(S(=O)(=O)c2ccc(C)cc2)c2nc#cc(N3CCOCC3)c12. The first-order valence-corrected chi connectivity index (χ1v) is 10.9. The lowest BCUT2D eigenvalue weighted by molar-refractivity contribution is 0.123. The molecule has 1 aliphatic rings. The molecule has 0 unspecified atom stereocenters. The molecule has 2 aromatic heterocycles. The average Bonchev–Trinajstić information content (AvgIpc) is 3.00. The standard InChI is InChI=1S/C20H20ClN3O3S/c1-3-16-18-17(23-10-12-27-13-11-23)8-9-22-20(18)24(19(16)21)28(25,26)15-6-4-14(2)5-7-15/h4-7H,3,10-13H2,1-2H3. The number of rotatable bonds is 4. The third-order valence-electron chi connectivity index (χ3n) is 4.96. The van der Waals surface area contributed by atoms with Crippen molar-refractivity contribution in [2.24, 2.45) is 0 Å². The number of anilines is 1. The quantitative estimate of drug-likeness (QED) is 0.652. The van der Waals surface area contributed by atoms with Crippen molar-refractivity contribution >= 4 is 38.3 Å². The van der Waals surface area contributed by atoms with Gasteiger partial charge in [-0.25, -0.2) is 12.4 Å². The van der Waals surface area contributed by atoms with Gasteiger partial charge in [0.1, 0.15) is 10.8 Å². The molecule has 1 fully saturated rings. The van der Waals surface area contributed by atoms with Crippen molar-refractivity contribution in [2.45, 2.75) is 25.2 Å². The lowest BCUT2D eigenvalue weighted by Crippen LogP contribution is -2.36. The van der Waals surface area contributed by atoms with Crippen LogP contribution in [0.5, 0.6) is 0 Å². The Labute approximate surface area is 169 Å². The summed E-state index contributed by atoms with van der Waals surface area (Å²) in [6.45, 7) is 6.46. The molecule has 6 nitrogen and oxygen atoms in total. The van der Waals surface area contributed by atoms with E-state index in [2.05, 4.69) is 22.1 Å². The maximum Gasteiger partial charge on any atom is 0.270 e. The fraction of sp³-hybridized carbons (Fsp3) is 0.350. The third kappa shape index (κ3) is 3.02. The maximum atomic E-state index is 13.4. The molecule has 0 aliphatic carbocycles. The van der Waals surface area contributed by atoms with Crippen LogP contribution in [0.1, 0.15) is 18.1 Å². The van der Waals surface area contributed by atoms with Crippen molar-refractivity contribution < 1.29 is 13.2 Å². The first-order chi connectivity index (χ1) is 13.4. The minimum Gasteiger partial charge on any atom is -0.378 e. The fourth-order valence-corrected chi connectivity index (χ4v) is 5.44. The summed E-state index contributed by atoms with van der Waals surface area (Å²) in [5.74, 6) is 0. The summed E-state index contributed by atoms with van der Waals surface area (Å²) < 4.78 is 33.3. The molecule has 1 aromatic carbocycles. The van der Waals surface area contributed by atoms with Crippen LogP contribution < -0.4 is 4.90 Å². The number of hydrogen-bond donors (Lipinski definition) is 0. The number of aryl methyl sites for hydroxylation is 2. The molecule has 1 aliphatic heterocycles. The molecule has 3 aromatic rings. The number of ether oxygens (including phenoxy) is 1. The van der Waals surface area contributed by atoms with Crippen molar-refractivity contribution in [1.82, 2.24) is 8.96 Å².